The predicted octanol–water partition coefficient (Wildman–Crippen LogP) is 5.26. The van der Waals surface area contributed by atoms with Crippen LogP contribution in [0.1, 0.15) is 19.3 Å². The highest BCUT2D eigenvalue weighted by atomic mass is 35.5. The third-order valence-electron chi connectivity index (χ3n) is 5.85. The number of aryl methyl sites for hydroxylation is 1. The van der Waals surface area contributed by atoms with Crippen molar-refractivity contribution in [2.75, 3.05) is 44.0 Å². The van der Waals surface area contributed by atoms with Crippen molar-refractivity contribution >= 4 is 29.0 Å². The number of hydrogen-bond donors (Lipinski definition) is 2. The Hall–Kier alpha value is -3.23. The number of carbonyl (C=O) groups is 1. The van der Waals surface area contributed by atoms with Gasteiger partial charge < -0.3 is 20.1 Å². The Morgan fingerprint density at radius 1 is 1.06 bits per heavy atom. The Morgan fingerprint density at radius 2 is 1.76 bits per heavy atom. The zero-order valence-corrected chi connectivity index (χ0v) is 20.3. The zero-order valence-electron chi connectivity index (χ0n) is 19.5. The highest BCUT2D eigenvalue weighted by Gasteiger charge is 2.17. The molecule has 1 aromatic heterocycles. The first kappa shape index (κ1) is 23.9. The van der Waals surface area contributed by atoms with Crippen molar-refractivity contribution in [3.8, 4) is 22.8 Å². The number of likely N-dealkylation sites (tertiary alicyclic amines) is 1. The fourth-order valence-electron chi connectivity index (χ4n) is 4.07. The van der Waals surface area contributed by atoms with E-state index in [0.29, 0.717) is 28.8 Å². The molecule has 8 nitrogen and oxygen atoms in total. The standard InChI is InChI=1S/C25H30ClN5O3/c1-30-24(22(26)17-27-30)21-16-19(29-25(32)28-18-6-9-20(33-2)10-7-18)8-11-23(21)34-15-14-31-12-4-3-5-13-31/h6-11,16-17H,3-5,12-15H2,1-2H3,(H2,28,29,32). The van der Waals surface area contributed by atoms with Gasteiger partial charge in [-0.15, -0.1) is 0 Å². The van der Waals surface area contributed by atoms with Gasteiger partial charge in [0.1, 0.15) is 18.1 Å². The van der Waals surface area contributed by atoms with Gasteiger partial charge in [0.05, 0.1) is 24.0 Å². The molecule has 1 saturated heterocycles. The van der Waals surface area contributed by atoms with Gasteiger partial charge >= 0.3 is 6.03 Å². The maximum Gasteiger partial charge on any atom is 0.323 e. The van der Waals surface area contributed by atoms with Crippen molar-refractivity contribution in [1.29, 1.82) is 0 Å². The van der Waals surface area contributed by atoms with Crippen LogP contribution in [0.4, 0.5) is 16.2 Å². The molecule has 0 atom stereocenters. The van der Waals surface area contributed by atoms with Crippen molar-refractivity contribution in [2.24, 2.45) is 7.05 Å². The summed E-state index contributed by atoms with van der Waals surface area (Å²) in [7, 11) is 3.43. The summed E-state index contributed by atoms with van der Waals surface area (Å²) in [6.45, 7) is 3.70. The summed E-state index contributed by atoms with van der Waals surface area (Å²) in [4.78, 5) is 15.0. The Balaban J connectivity index is 1.48. The van der Waals surface area contributed by atoms with Crippen molar-refractivity contribution in [1.82, 2.24) is 14.7 Å². The van der Waals surface area contributed by atoms with Gasteiger partial charge in [-0.25, -0.2) is 4.79 Å². The molecule has 2 amide bonds. The van der Waals surface area contributed by atoms with Gasteiger partial charge in [-0.3, -0.25) is 9.58 Å². The van der Waals surface area contributed by atoms with Gasteiger partial charge in [-0.05, 0) is 68.4 Å². The summed E-state index contributed by atoms with van der Waals surface area (Å²) in [5, 5.41) is 10.5. The zero-order chi connectivity index (χ0) is 23.9. The average Bonchev–Trinajstić information content (AvgIpc) is 3.18. The van der Waals surface area contributed by atoms with Crippen molar-refractivity contribution in [3.05, 3.63) is 53.7 Å². The number of ether oxygens (including phenoxy) is 2. The maximum absolute atomic E-state index is 12.6. The summed E-state index contributed by atoms with van der Waals surface area (Å²) in [5.74, 6) is 1.42. The summed E-state index contributed by atoms with van der Waals surface area (Å²) >= 11 is 6.44. The highest BCUT2D eigenvalue weighted by molar-refractivity contribution is 6.33. The molecule has 2 N–H and O–H groups in total. The van der Waals surface area contributed by atoms with E-state index in [2.05, 4.69) is 20.6 Å². The van der Waals surface area contributed by atoms with E-state index < -0.39 is 0 Å². The molecule has 2 aromatic carbocycles. The molecular formula is C25H30ClN5O3. The van der Waals surface area contributed by atoms with E-state index in [9.17, 15) is 4.79 Å². The van der Waals surface area contributed by atoms with E-state index in [1.54, 1.807) is 42.3 Å². The maximum atomic E-state index is 12.6. The summed E-state index contributed by atoms with van der Waals surface area (Å²) in [6, 6.07) is 12.3. The minimum absolute atomic E-state index is 0.356. The van der Waals surface area contributed by atoms with Gasteiger partial charge in [0.2, 0.25) is 0 Å². The van der Waals surface area contributed by atoms with Crippen LogP contribution < -0.4 is 20.1 Å². The highest BCUT2D eigenvalue weighted by Crippen LogP contribution is 2.36. The van der Waals surface area contributed by atoms with Crippen molar-refractivity contribution in [3.63, 3.8) is 0 Å². The smallest absolute Gasteiger partial charge is 0.323 e. The summed E-state index contributed by atoms with van der Waals surface area (Å²) in [6.07, 6.45) is 5.40. The molecule has 0 bridgehead atoms. The van der Waals surface area contributed by atoms with Crippen LogP contribution >= 0.6 is 11.6 Å². The number of urea groups is 1. The predicted molar refractivity (Wildman–Crippen MR) is 135 cm³/mol. The Bertz CT molecular complexity index is 1090. The van der Waals surface area contributed by atoms with Crippen LogP contribution in [-0.4, -0.2) is 54.1 Å². The van der Waals surface area contributed by atoms with Gasteiger partial charge in [-0.1, -0.05) is 18.0 Å². The van der Waals surface area contributed by atoms with Crippen molar-refractivity contribution in [2.45, 2.75) is 19.3 Å². The van der Waals surface area contributed by atoms with E-state index in [-0.39, 0.29) is 6.03 Å². The topological polar surface area (TPSA) is 80.7 Å². The molecule has 0 saturated carbocycles. The van der Waals surface area contributed by atoms with Gasteiger partial charge in [0, 0.05) is 30.5 Å². The number of nitrogens with one attached hydrogen (secondary N) is 2. The SMILES string of the molecule is COc1ccc(NC(=O)Nc2ccc(OCCN3CCCCC3)c(-c3c(Cl)cnn3C)c2)cc1. The first-order valence-electron chi connectivity index (χ1n) is 11.4. The number of methoxy groups -OCH3 is 1. The molecule has 1 aliphatic heterocycles. The molecule has 2 heterocycles. The van der Waals surface area contributed by atoms with Crippen LogP contribution in [0, 0.1) is 0 Å². The first-order chi connectivity index (χ1) is 16.5. The van der Waals surface area contributed by atoms with E-state index >= 15 is 0 Å². The number of nitrogens with zero attached hydrogens (tertiary/aromatic N) is 3. The lowest BCUT2D eigenvalue weighted by molar-refractivity contribution is 0.183. The number of carbonyl (C=O) groups excluding carboxylic acids is 1. The van der Waals surface area contributed by atoms with Crippen LogP contribution in [0.25, 0.3) is 11.3 Å². The number of halogens is 1. The van der Waals surface area contributed by atoms with Gasteiger partial charge in [0.25, 0.3) is 0 Å². The Morgan fingerprint density at radius 3 is 2.44 bits per heavy atom. The van der Waals surface area contributed by atoms with Gasteiger partial charge in [0.15, 0.2) is 0 Å². The molecule has 0 spiro atoms. The molecule has 4 rings (SSSR count). The number of piperidine rings is 1. The minimum atomic E-state index is -0.356. The average molecular weight is 484 g/mol. The van der Waals surface area contributed by atoms with E-state index in [1.165, 1.54) is 19.3 Å². The lowest BCUT2D eigenvalue weighted by atomic mass is 10.1. The largest absolute Gasteiger partial charge is 0.497 e. The molecule has 1 aliphatic rings. The number of rotatable bonds is 8. The molecule has 9 heteroatoms. The molecule has 1 fully saturated rings. The molecule has 0 radical (unpaired) electrons. The van der Waals surface area contributed by atoms with Gasteiger partial charge in [-0.2, -0.15) is 5.10 Å². The number of anilines is 2. The lowest BCUT2D eigenvalue weighted by Crippen LogP contribution is -2.33. The normalized spacial score (nSPS) is 14.0. The van der Waals surface area contributed by atoms with Crippen LogP contribution in [0.5, 0.6) is 11.5 Å². The molecular weight excluding hydrogens is 454 g/mol. The lowest BCUT2D eigenvalue weighted by Gasteiger charge is -2.26. The quantitative estimate of drug-likeness (QED) is 0.457. The monoisotopic (exact) mass is 483 g/mol. The molecule has 3 aromatic rings. The van der Waals surface area contributed by atoms with E-state index in [4.69, 9.17) is 21.1 Å². The molecule has 180 valence electrons. The Labute approximate surface area is 204 Å². The molecule has 0 unspecified atom stereocenters. The third-order valence-corrected chi connectivity index (χ3v) is 6.12. The molecule has 34 heavy (non-hydrogen) atoms. The number of amides is 2. The number of hydrogen-bond acceptors (Lipinski definition) is 5. The second-order valence-electron chi connectivity index (χ2n) is 8.23. The number of aromatic nitrogens is 2. The fraction of sp³-hybridized carbons (Fsp3) is 0.360. The summed E-state index contributed by atoms with van der Waals surface area (Å²) in [5.41, 5.74) is 2.77. The minimum Gasteiger partial charge on any atom is -0.497 e. The van der Waals surface area contributed by atoms with Crippen LogP contribution in [0.3, 0.4) is 0 Å². The fourth-order valence-corrected chi connectivity index (χ4v) is 4.34. The first-order valence-corrected chi connectivity index (χ1v) is 11.8. The van der Waals surface area contributed by atoms with E-state index in [0.717, 1.165) is 36.6 Å². The Kier molecular flexibility index (Phi) is 7.92. The van der Waals surface area contributed by atoms with Crippen LogP contribution in [0.15, 0.2) is 48.7 Å². The second-order valence-corrected chi connectivity index (χ2v) is 8.64. The van der Waals surface area contributed by atoms with E-state index in [1.807, 2.05) is 25.2 Å². The second kappa shape index (κ2) is 11.3. The third kappa shape index (κ3) is 6.01. The summed E-state index contributed by atoms with van der Waals surface area (Å²) < 4.78 is 13.0. The van der Waals surface area contributed by atoms with Crippen LogP contribution in [-0.2, 0) is 7.05 Å². The molecule has 0 aliphatic carbocycles. The van der Waals surface area contributed by atoms with Crippen molar-refractivity contribution < 1.29 is 14.3 Å². The van der Waals surface area contributed by atoms with Crippen LogP contribution in [0.2, 0.25) is 5.02 Å². The number of benzene rings is 2.